The van der Waals surface area contributed by atoms with Crippen molar-refractivity contribution in [2.75, 3.05) is 19.7 Å². The van der Waals surface area contributed by atoms with Crippen LogP contribution in [0.25, 0.3) is 0 Å². The minimum Gasteiger partial charge on any atom is -0.394 e. The van der Waals surface area contributed by atoms with Crippen LogP contribution in [0.3, 0.4) is 0 Å². The first-order chi connectivity index (χ1) is 11.9. The molecule has 0 spiro atoms. The number of rotatable bonds is 4. The number of aliphatic hydroxyl groups is 1. The summed E-state index contributed by atoms with van der Waals surface area (Å²) in [6.45, 7) is 7.45. The molecule has 0 saturated carbocycles. The molecule has 2 aromatic heterocycles. The maximum Gasteiger partial charge on any atom is 0.272 e. The Kier molecular flexibility index (Phi) is 4.94. The number of aromatic nitrogens is 4. The van der Waals surface area contributed by atoms with Crippen molar-refractivity contribution in [2.45, 2.75) is 45.6 Å². The number of imidazole rings is 1. The van der Waals surface area contributed by atoms with Crippen molar-refractivity contribution >= 4 is 5.91 Å². The molecule has 7 heteroatoms. The first kappa shape index (κ1) is 17.7. The van der Waals surface area contributed by atoms with Crippen LogP contribution in [-0.2, 0) is 7.05 Å². The number of hydrogen-bond donors (Lipinski definition) is 1. The van der Waals surface area contributed by atoms with Gasteiger partial charge in [-0.05, 0) is 39.7 Å². The summed E-state index contributed by atoms with van der Waals surface area (Å²) in [6.07, 6.45) is 3.64. The lowest BCUT2D eigenvalue weighted by molar-refractivity contribution is 0.0698. The smallest absolute Gasteiger partial charge is 0.272 e. The van der Waals surface area contributed by atoms with Crippen molar-refractivity contribution < 1.29 is 9.90 Å². The molecule has 1 N–H and O–H groups in total. The van der Waals surface area contributed by atoms with Gasteiger partial charge in [-0.15, -0.1) is 0 Å². The maximum absolute atomic E-state index is 12.7. The van der Waals surface area contributed by atoms with Crippen molar-refractivity contribution in [3.8, 4) is 0 Å². The van der Waals surface area contributed by atoms with Crippen molar-refractivity contribution in [1.82, 2.24) is 24.2 Å². The molecule has 1 atom stereocenters. The Bertz CT molecular complexity index is 756. The van der Waals surface area contributed by atoms with E-state index < -0.39 is 0 Å². The number of piperidine rings is 1. The fourth-order valence-corrected chi connectivity index (χ4v) is 3.74. The molecule has 1 saturated heterocycles. The second kappa shape index (κ2) is 7.00. The number of nitrogens with zero attached hydrogens (tertiary/aromatic N) is 5. The lowest BCUT2D eigenvalue weighted by atomic mass is 9.95. The zero-order valence-electron chi connectivity index (χ0n) is 15.4. The molecule has 0 bridgehead atoms. The highest BCUT2D eigenvalue weighted by molar-refractivity contribution is 5.92. The third-order valence-corrected chi connectivity index (χ3v) is 5.08. The Morgan fingerprint density at radius 1 is 1.36 bits per heavy atom. The summed E-state index contributed by atoms with van der Waals surface area (Å²) < 4.78 is 3.79. The van der Waals surface area contributed by atoms with E-state index in [4.69, 9.17) is 0 Å². The van der Waals surface area contributed by atoms with Gasteiger partial charge in [0.05, 0.1) is 18.3 Å². The normalized spacial score (nSPS) is 17.1. The zero-order valence-corrected chi connectivity index (χ0v) is 15.4. The number of aliphatic hydroxyl groups excluding tert-OH is 1. The first-order valence-corrected chi connectivity index (χ1v) is 8.86. The summed E-state index contributed by atoms with van der Waals surface area (Å²) in [4.78, 5) is 19.2. The fraction of sp³-hybridized carbons (Fsp3) is 0.611. The Morgan fingerprint density at radius 2 is 2.04 bits per heavy atom. The molecule has 0 radical (unpaired) electrons. The number of aryl methyl sites for hydroxylation is 3. The van der Waals surface area contributed by atoms with Gasteiger partial charge < -0.3 is 14.6 Å². The van der Waals surface area contributed by atoms with Gasteiger partial charge in [-0.3, -0.25) is 9.48 Å². The molecule has 0 aliphatic carbocycles. The molecular formula is C18H27N5O2. The van der Waals surface area contributed by atoms with E-state index in [0.29, 0.717) is 24.7 Å². The van der Waals surface area contributed by atoms with Crippen LogP contribution in [-0.4, -0.2) is 54.9 Å². The van der Waals surface area contributed by atoms with Crippen molar-refractivity contribution in [3.05, 3.63) is 35.2 Å². The van der Waals surface area contributed by atoms with Gasteiger partial charge in [0, 0.05) is 37.9 Å². The molecule has 25 heavy (non-hydrogen) atoms. The summed E-state index contributed by atoms with van der Waals surface area (Å²) in [5.74, 6) is 1.40. The summed E-state index contributed by atoms with van der Waals surface area (Å²) in [5.41, 5.74) is 2.57. The highest BCUT2D eigenvalue weighted by Gasteiger charge is 2.29. The average Bonchev–Trinajstić information content (AvgIpc) is 3.15. The van der Waals surface area contributed by atoms with Crippen molar-refractivity contribution in [3.63, 3.8) is 0 Å². The van der Waals surface area contributed by atoms with E-state index in [1.807, 2.05) is 45.0 Å². The predicted octanol–water partition coefficient (Wildman–Crippen LogP) is 1.81. The van der Waals surface area contributed by atoms with Crippen LogP contribution >= 0.6 is 0 Å². The number of carbonyl (C=O) groups excluding carboxylic acids is 1. The molecule has 1 aliphatic rings. The summed E-state index contributed by atoms with van der Waals surface area (Å²) in [5, 5.41) is 13.8. The van der Waals surface area contributed by atoms with Gasteiger partial charge in [0.15, 0.2) is 0 Å². The largest absolute Gasteiger partial charge is 0.394 e. The van der Waals surface area contributed by atoms with Crippen LogP contribution in [0.2, 0.25) is 0 Å². The third kappa shape index (κ3) is 3.33. The van der Waals surface area contributed by atoms with E-state index >= 15 is 0 Å². The van der Waals surface area contributed by atoms with Crippen LogP contribution in [0.5, 0.6) is 0 Å². The lowest BCUT2D eigenvalue weighted by Crippen LogP contribution is -2.39. The summed E-state index contributed by atoms with van der Waals surface area (Å²) in [7, 11) is 1.81. The molecule has 1 fully saturated rings. The molecule has 1 amide bonds. The van der Waals surface area contributed by atoms with Crippen molar-refractivity contribution in [1.29, 1.82) is 0 Å². The lowest BCUT2D eigenvalue weighted by Gasteiger charge is -2.32. The quantitative estimate of drug-likeness (QED) is 0.917. The van der Waals surface area contributed by atoms with E-state index in [1.165, 1.54) is 0 Å². The van der Waals surface area contributed by atoms with Gasteiger partial charge in [0.2, 0.25) is 0 Å². The number of hydrogen-bond acceptors (Lipinski definition) is 4. The van der Waals surface area contributed by atoms with E-state index in [9.17, 15) is 9.90 Å². The minimum atomic E-state index is 0.0228. The second-order valence-corrected chi connectivity index (χ2v) is 7.02. The van der Waals surface area contributed by atoms with Crippen molar-refractivity contribution in [2.24, 2.45) is 7.05 Å². The van der Waals surface area contributed by atoms with E-state index in [2.05, 4.69) is 14.6 Å². The van der Waals surface area contributed by atoms with Gasteiger partial charge in [-0.25, -0.2) is 4.98 Å². The Balaban J connectivity index is 1.70. The Morgan fingerprint density at radius 3 is 2.60 bits per heavy atom. The summed E-state index contributed by atoms with van der Waals surface area (Å²) >= 11 is 0. The van der Waals surface area contributed by atoms with E-state index in [0.717, 1.165) is 30.1 Å². The van der Waals surface area contributed by atoms with Crippen LogP contribution in [0.15, 0.2) is 12.3 Å². The van der Waals surface area contributed by atoms with E-state index in [-0.39, 0.29) is 18.6 Å². The number of amides is 1. The molecule has 3 rings (SSSR count). The topological polar surface area (TPSA) is 76.2 Å². The molecule has 2 aromatic rings. The number of likely N-dealkylation sites (tertiary alicyclic amines) is 1. The molecule has 0 unspecified atom stereocenters. The van der Waals surface area contributed by atoms with Gasteiger partial charge in [0.1, 0.15) is 11.5 Å². The fourth-order valence-electron chi connectivity index (χ4n) is 3.74. The molecule has 7 nitrogen and oxygen atoms in total. The monoisotopic (exact) mass is 345 g/mol. The number of carbonyl (C=O) groups is 1. The third-order valence-electron chi connectivity index (χ3n) is 5.08. The Hall–Kier alpha value is -2.15. The van der Waals surface area contributed by atoms with Gasteiger partial charge in [-0.1, -0.05) is 0 Å². The predicted molar refractivity (Wildman–Crippen MR) is 94.6 cm³/mol. The Labute approximate surface area is 148 Å². The van der Waals surface area contributed by atoms with Crippen LogP contribution < -0.4 is 0 Å². The SMILES string of the molecule is Cc1cc(C(=O)N2CCC(c3ncc(C)n3[C@H](C)CO)CC2)n(C)n1. The second-order valence-electron chi connectivity index (χ2n) is 7.02. The van der Waals surface area contributed by atoms with Gasteiger partial charge >= 0.3 is 0 Å². The zero-order chi connectivity index (χ0) is 18.1. The van der Waals surface area contributed by atoms with Gasteiger partial charge in [-0.2, -0.15) is 5.10 Å². The van der Waals surface area contributed by atoms with E-state index in [1.54, 1.807) is 4.68 Å². The molecule has 0 aromatic carbocycles. The molecule has 3 heterocycles. The highest BCUT2D eigenvalue weighted by Crippen LogP contribution is 2.30. The highest BCUT2D eigenvalue weighted by atomic mass is 16.3. The van der Waals surface area contributed by atoms with Crippen LogP contribution in [0.4, 0.5) is 0 Å². The minimum absolute atomic E-state index is 0.0228. The van der Waals surface area contributed by atoms with Crippen LogP contribution in [0, 0.1) is 13.8 Å². The average molecular weight is 345 g/mol. The molecule has 1 aliphatic heterocycles. The standard InChI is InChI=1S/C18H27N5O2/c1-12-9-16(21(4)20-12)18(25)22-7-5-15(6-8-22)17-19-10-13(2)23(17)14(3)11-24/h9-10,14-15,24H,5-8,11H2,1-4H3/t14-/m1/s1. The first-order valence-electron chi connectivity index (χ1n) is 8.86. The van der Waals surface area contributed by atoms with Gasteiger partial charge in [0.25, 0.3) is 5.91 Å². The maximum atomic E-state index is 12.7. The molecular weight excluding hydrogens is 318 g/mol. The molecule has 136 valence electrons. The van der Waals surface area contributed by atoms with Crippen LogP contribution in [0.1, 0.15) is 59.4 Å². The summed E-state index contributed by atoms with van der Waals surface area (Å²) in [6, 6.07) is 1.86.